The van der Waals surface area contributed by atoms with Crippen molar-refractivity contribution in [3.05, 3.63) is 47.8 Å². The van der Waals surface area contributed by atoms with Crippen LogP contribution in [0, 0.1) is 6.92 Å². The molecule has 0 spiro atoms. The van der Waals surface area contributed by atoms with Crippen LogP contribution < -0.4 is 10.6 Å². The highest BCUT2D eigenvalue weighted by Crippen LogP contribution is 2.12. The smallest absolute Gasteiger partial charge is 0.318 e. The molecule has 0 bridgehead atoms. The molecule has 132 valence electrons. The molecule has 2 heterocycles. The minimum absolute atomic E-state index is 0.110. The van der Waals surface area contributed by atoms with E-state index in [0.717, 1.165) is 23.4 Å². The van der Waals surface area contributed by atoms with Crippen molar-refractivity contribution in [2.24, 2.45) is 0 Å². The number of hydrogen-bond acceptors (Lipinski definition) is 3. The zero-order valence-corrected chi connectivity index (χ0v) is 14.5. The maximum Gasteiger partial charge on any atom is 0.318 e. The molecule has 1 aromatic carbocycles. The van der Waals surface area contributed by atoms with Crippen LogP contribution in [0.5, 0.6) is 0 Å². The molecular weight excluding hydrogens is 318 g/mol. The van der Waals surface area contributed by atoms with Gasteiger partial charge in [0, 0.05) is 31.4 Å². The third-order valence-electron chi connectivity index (χ3n) is 4.43. The van der Waals surface area contributed by atoms with E-state index in [-0.39, 0.29) is 11.9 Å². The van der Waals surface area contributed by atoms with Crippen LogP contribution in [0.4, 0.5) is 4.79 Å². The van der Waals surface area contributed by atoms with Gasteiger partial charge in [0.05, 0.1) is 11.4 Å². The number of nitrogens with one attached hydrogen (secondary N) is 2. The number of hydrogen-bond donors (Lipinski definition) is 2. The number of rotatable bonds is 3. The van der Waals surface area contributed by atoms with Gasteiger partial charge in [-0.25, -0.2) is 9.48 Å². The molecule has 0 saturated carbocycles. The van der Waals surface area contributed by atoms with E-state index in [4.69, 9.17) is 0 Å². The van der Waals surface area contributed by atoms with E-state index in [1.165, 1.54) is 0 Å². The standard InChI is InChI=1S/C18H23N5O2/c1-13-15(12-23(21-13)16-7-4-3-5-8-16)11-20-18(25)22-10-6-9-19-17(24)14(22)2/h3-5,7-8,12,14H,6,9-11H2,1-2H3,(H,19,24)(H,20,25)/t14-/m0/s1. The van der Waals surface area contributed by atoms with Crippen LogP contribution >= 0.6 is 0 Å². The Morgan fingerprint density at radius 1 is 1.36 bits per heavy atom. The van der Waals surface area contributed by atoms with Crippen molar-refractivity contribution < 1.29 is 9.59 Å². The molecule has 7 heteroatoms. The molecule has 0 radical (unpaired) electrons. The molecule has 2 aromatic rings. The number of carbonyl (C=O) groups is 2. The maximum absolute atomic E-state index is 12.5. The first-order chi connectivity index (χ1) is 12.1. The minimum atomic E-state index is -0.462. The first-order valence-corrected chi connectivity index (χ1v) is 8.49. The summed E-state index contributed by atoms with van der Waals surface area (Å²) in [6.45, 7) is 5.22. The average molecular weight is 341 g/mol. The third-order valence-corrected chi connectivity index (χ3v) is 4.43. The highest BCUT2D eigenvalue weighted by Gasteiger charge is 2.27. The van der Waals surface area contributed by atoms with E-state index in [0.29, 0.717) is 19.6 Å². The maximum atomic E-state index is 12.5. The van der Waals surface area contributed by atoms with Gasteiger partial charge >= 0.3 is 6.03 Å². The molecule has 0 unspecified atom stereocenters. The van der Waals surface area contributed by atoms with Crippen LogP contribution in [0.15, 0.2) is 36.5 Å². The van der Waals surface area contributed by atoms with Gasteiger partial charge in [-0.1, -0.05) is 18.2 Å². The van der Waals surface area contributed by atoms with Crippen molar-refractivity contribution in [2.45, 2.75) is 32.9 Å². The number of amides is 3. The molecule has 7 nitrogen and oxygen atoms in total. The molecule has 1 aromatic heterocycles. The lowest BCUT2D eigenvalue weighted by Crippen LogP contribution is -2.49. The zero-order chi connectivity index (χ0) is 17.8. The number of para-hydroxylation sites is 1. The molecule has 0 aliphatic carbocycles. The van der Waals surface area contributed by atoms with E-state index in [2.05, 4.69) is 15.7 Å². The summed E-state index contributed by atoms with van der Waals surface area (Å²) in [4.78, 5) is 25.9. The predicted octanol–water partition coefficient (Wildman–Crippen LogP) is 1.60. The summed E-state index contributed by atoms with van der Waals surface area (Å²) in [5.74, 6) is -0.110. The summed E-state index contributed by atoms with van der Waals surface area (Å²) in [5.41, 5.74) is 2.79. The zero-order valence-electron chi connectivity index (χ0n) is 14.5. The second-order valence-corrected chi connectivity index (χ2v) is 6.19. The fourth-order valence-corrected chi connectivity index (χ4v) is 2.88. The fraction of sp³-hybridized carbons (Fsp3) is 0.389. The highest BCUT2D eigenvalue weighted by atomic mass is 16.2. The van der Waals surface area contributed by atoms with Crippen LogP contribution in [0.25, 0.3) is 5.69 Å². The highest BCUT2D eigenvalue weighted by molar-refractivity contribution is 5.87. The third kappa shape index (κ3) is 3.81. The number of nitrogens with zero attached hydrogens (tertiary/aromatic N) is 3. The normalized spacial score (nSPS) is 17.8. The van der Waals surface area contributed by atoms with Gasteiger partial charge in [0.25, 0.3) is 0 Å². The van der Waals surface area contributed by atoms with Crippen LogP contribution in [0.3, 0.4) is 0 Å². The Bertz CT molecular complexity index is 756. The van der Waals surface area contributed by atoms with E-state index in [9.17, 15) is 9.59 Å². The second-order valence-electron chi connectivity index (χ2n) is 6.19. The number of aryl methyl sites for hydroxylation is 1. The summed E-state index contributed by atoms with van der Waals surface area (Å²) in [6.07, 6.45) is 2.68. The first-order valence-electron chi connectivity index (χ1n) is 8.49. The predicted molar refractivity (Wildman–Crippen MR) is 94.3 cm³/mol. The Balaban J connectivity index is 1.66. The molecule has 3 rings (SSSR count). The second kappa shape index (κ2) is 7.38. The van der Waals surface area contributed by atoms with Gasteiger partial charge < -0.3 is 15.5 Å². The van der Waals surface area contributed by atoms with Gasteiger partial charge in [-0.15, -0.1) is 0 Å². The molecule has 2 N–H and O–H groups in total. The van der Waals surface area contributed by atoms with Crippen LogP contribution in [-0.2, 0) is 11.3 Å². The van der Waals surface area contributed by atoms with Crippen molar-refractivity contribution in [1.82, 2.24) is 25.3 Å². The molecular formula is C18H23N5O2. The monoisotopic (exact) mass is 341 g/mol. The summed E-state index contributed by atoms with van der Waals surface area (Å²) in [5, 5.41) is 10.2. The Hall–Kier alpha value is -2.83. The Morgan fingerprint density at radius 2 is 2.12 bits per heavy atom. The number of aromatic nitrogens is 2. The molecule has 1 aliphatic heterocycles. The summed E-state index contributed by atoms with van der Waals surface area (Å²) in [7, 11) is 0. The Morgan fingerprint density at radius 3 is 2.88 bits per heavy atom. The van der Waals surface area contributed by atoms with Gasteiger partial charge in [-0.2, -0.15) is 5.10 Å². The lowest BCUT2D eigenvalue weighted by molar-refractivity contribution is -0.124. The minimum Gasteiger partial charge on any atom is -0.354 e. The number of carbonyl (C=O) groups excluding carboxylic acids is 2. The molecule has 3 amide bonds. The SMILES string of the molecule is Cc1nn(-c2ccccc2)cc1CNC(=O)N1CCCNC(=O)[C@@H]1C. The van der Waals surface area contributed by atoms with Crippen molar-refractivity contribution in [1.29, 1.82) is 0 Å². The van der Waals surface area contributed by atoms with Crippen molar-refractivity contribution in [3.63, 3.8) is 0 Å². The van der Waals surface area contributed by atoms with E-state index < -0.39 is 6.04 Å². The number of urea groups is 1. The summed E-state index contributed by atoms with van der Waals surface area (Å²) in [6, 6.07) is 9.14. The van der Waals surface area contributed by atoms with E-state index in [1.807, 2.05) is 43.5 Å². The molecule has 1 saturated heterocycles. The van der Waals surface area contributed by atoms with Gasteiger partial charge in [0.2, 0.25) is 5.91 Å². The number of benzene rings is 1. The van der Waals surface area contributed by atoms with Crippen molar-refractivity contribution in [3.8, 4) is 5.69 Å². The van der Waals surface area contributed by atoms with Gasteiger partial charge in [-0.05, 0) is 32.4 Å². The van der Waals surface area contributed by atoms with Crippen molar-refractivity contribution in [2.75, 3.05) is 13.1 Å². The lowest BCUT2D eigenvalue weighted by Gasteiger charge is -2.25. The summed E-state index contributed by atoms with van der Waals surface area (Å²) < 4.78 is 1.80. The largest absolute Gasteiger partial charge is 0.354 e. The first kappa shape index (κ1) is 17.0. The van der Waals surface area contributed by atoms with Crippen LogP contribution in [0.2, 0.25) is 0 Å². The van der Waals surface area contributed by atoms with Crippen molar-refractivity contribution >= 4 is 11.9 Å². The topological polar surface area (TPSA) is 79.3 Å². The lowest BCUT2D eigenvalue weighted by atomic mass is 10.2. The molecule has 25 heavy (non-hydrogen) atoms. The molecule has 1 atom stereocenters. The van der Waals surface area contributed by atoms with Gasteiger partial charge in [-0.3, -0.25) is 4.79 Å². The van der Waals surface area contributed by atoms with Crippen LogP contribution in [-0.4, -0.2) is 45.8 Å². The molecule has 1 fully saturated rings. The van der Waals surface area contributed by atoms with E-state index in [1.54, 1.807) is 16.5 Å². The quantitative estimate of drug-likeness (QED) is 0.890. The fourth-order valence-electron chi connectivity index (χ4n) is 2.88. The molecule has 1 aliphatic rings. The van der Waals surface area contributed by atoms with Crippen LogP contribution in [0.1, 0.15) is 24.6 Å². The van der Waals surface area contributed by atoms with Gasteiger partial charge in [0.1, 0.15) is 6.04 Å². The van der Waals surface area contributed by atoms with E-state index >= 15 is 0 Å². The van der Waals surface area contributed by atoms with Gasteiger partial charge in [0.15, 0.2) is 0 Å². The average Bonchev–Trinajstić information content (AvgIpc) is 2.91. The Labute approximate surface area is 147 Å². The summed E-state index contributed by atoms with van der Waals surface area (Å²) >= 11 is 0. The Kier molecular flexibility index (Phi) is 5.02.